The largest absolute Gasteiger partial charge is 0.310 e. The van der Waals surface area contributed by atoms with E-state index in [1.54, 1.807) is 0 Å². The van der Waals surface area contributed by atoms with Gasteiger partial charge in [-0.1, -0.05) is 6.92 Å². The van der Waals surface area contributed by atoms with Crippen LogP contribution in [0.3, 0.4) is 0 Å². The lowest BCUT2D eigenvalue weighted by molar-refractivity contribution is 0.260. The molecule has 1 aromatic rings. The number of likely N-dealkylation sites (tertiary alicyclic amines) is 1. The van der Waals surface area contributed by atoms with Crippen LogP contribution in [0.5, 0.6) is 0 Å². The fourth-order valence-corrected chi connectivity index (χ4v) is 3.34. The molecule has 3 heteroatoms. The van der Waals surface area contributed by atoms with Crippen molar-refractivity contribution in [3.63, 3.8) is 0 Å². The van der Waals surface area contributed by atoms with Gasteiger partial charge in [-0.2, -0.15) is 0 Å². The summed E-state index contributed by atoms with van der Waals surface area (Å²) in [4.78, 5) is 5.46. The molecule has 1 aliphatic heterocycles. The van der Waals surface area contributed by atoms with Gasteiger partial charge in [0.05, 0.1) is 0 Å². The summed E-state index contributed by atoms with van der Waals surface area (Å²) in [5.41, 5.74) is 0. The van der Waals surface area contributed by atoms with E-state index >= 15 is 0 Å². The lowest BCUT2D eigenvalue weighted by atomic mass is 10.2. The summed E-state index contributed by atoms with van der Waals surface area (Å²) in [5, 5.41) is 3.59. The highest BCUT2D eigenvalue weighted by Crippen LogP contribution is 2.17. The Morgan fingerprint density at radius 2 is 2.38 bits per heavy atom. The van der Waals surface area contributed by atoms with E-state index in [9.17, 15) is 0 Å². The molecule has 0 amide bonds. The predicted octanol–water partition coefficient (Wildman–Crippen LogP) is 2.63. The third-order valence-corrected chi connectivity index (χ3v) is 4.38. The molecule has 0 aromatic carbocycles. The maximum Gasteiger partial charge on any atom is 0.0300 e. The van der Waals surface area contributed by atoms with Crippen LogP contribution >= 0.6 is 11.3 Å². The molecular weight excluding hydrogens is 216 g/mol. The number of hydrogen-bond acceptors (Lipinski definition) is 3. The van der Waals surface area contributed by atoms with Crippen molar-refractivity contribution in [1.82, 2.24) is 10.2 Å². The number of thiophene rings is 1. The molecule has 0 saturated carbocycles. The molecular formula is C13H22N2S. The van der Waals surface area contributed by atoms with Crippen LogP contribution < -0.4 is 5.32 Å². The van der Waals surface area contributed by atoms with E-state index in [-0.39, 0.29) is 0 Å². The van der Waals surface area contributed by atoms with Crippen LogP contribution in [0.25, 0.3) is 0 Å². The first kappa shape index (κ1) is 12.1. The van der Waals surface area contributed by atoms with Gasteiger partial charge in [-0.05, 0) is 45.0 Å². The topological polar surface area (TPSA) is 15.3 Å². The van der Waals surface area contributed by atoms with E-state index in [1.807, 2.05) is 11.3 Å². The number of aryl methyl sites for hydroxylation is 1. The minimum absolute atomic E-state index is 0.769. The quantitative estimate of drug-likeness (QED) is 0.848. The fourth-order valence-electron chi connectivity index (χ4n) is 2.48. The number of nitrogens with one attached hydrogen (secondary N) is 1. The Bertz CT molecular complexity index is 321. The smallest absolute Gasteiger partial charge is 0.0300 e. The van der Waals surface area contributed by atoms with Crippen molar-refractivity contribution in [3.05, 3.63) is 21.9 Å². The molecule has 16 heavy (non-hydrogen) atoms. The molecule has 90 valence electrons. The first-order chi connectivity index (χ1) is 7.79. The van der Waals surface area contributed by atoms with Crippen molar-refractivity contribution >= 4 is 11.3 Å². The highest BCUT2D eigenvalue weighted by molar-refractivity contribution is 7.11. The summed E-state index contributed by atoms with van der Waals surface area (Å²) in [6, 6.07) is 5.21. The standard InChI is InChI=1S/C13H22N2S/c1-3-15-8-4-5-12(15)9-14-10-13-7-6-11(2)16-13/h6-7,12,14H,3-5,8-10H2,1-2H3/t12-/m1/s1. The van der Waals surface area contributed by atoms with Crippen molar-refractivity contribution in [1.29, 1.82) is 0 Å². The van der Waals surface area contributed by atoms with Crippen molar-refractivity contribution in [2.75, 3.05) is 19.6 Å². The Morgan fingerprint density at radius 3 is 3.06 bits per heavy atom. The monoisotopic (exact) mass is 238 g/mol. The molecule has 0 spiro atoms. The number of hydrogen-bond donors (Lipinski definition) is 1. The van der Waals surface area contributed by atoms with Crippen molar-refractivity contribution in [2.24, 2.45) is 0 Å². The Labute approximate surface area is 103 Å². The zero-order chi connectivity index (χ0) is 11.4. The second-order valence-electron chi connectivity index (χ2n) is 4.57. The molecule has 0 radical (unpaired) electrons. The van der Waals surface area contributed by atoms with Gasteiger partial charge in [0.15, 0.2) is 0 Å². The maximum atomic E-state index is 3.59. The van der Waals surface area contributed by atoms with E-state index in [0.717, 1.165) is 19.1 Å². The van der Waals surface area contributed by atoms with Gasteiger partial charge in [0, 0.05) is 28.9 Å². The van der Waals surface area contributed by atoms with Crippen LogP contribution in [0.4, 0.5) is 0 Å². The van der Waals surface area contributed by atoms with E-state index in [4.69, 9.17) is 0 Å². The molecule has 1 aromatic heterocycles. The van der Waals surface area contributed by atoms with E-state index in [2.05, 4.69) is 36.2 Å². The highest BCUT2D eigenvalue weighted by atomic mass is 32.1. The number of likely N-dealkylation sites (N-methyl/N-ethyl adjacent to an activating group) is 1. The molecule has 1 saturated heterocycles. The van der Waals surface area contributed by atoms with E-state index < -0.39 is 0 Å². The van der Waals surface area contributed by atoms with Crippen LogP contribution in [0.15, 0.2) is 12.1 Å². The van der Waals surface area contributed by atoms with E-state index in [0.29, 0.717) is 0 Å². The van der Waals surface area contributed by atoms with Gasteiger partial charge in [-0.15, -0.1) is 11.3 Å². The summed E-state index contributed by atoms with van der Waals surface area (Å²) in [7, 11) is 0. The Kier molecular flexibility index (Phi) is 4.38. The van der Waals surface area contributed by atoms with Crippen LogP contribution in [-0.4, -0.2) is 30.6 Å². The molecule has 1 atom stereocenters. The molecule has 0 aliphatic carbocycles. The highest BCUT2D eigenvalue weighted by Gasteiger charge is 2.21. The molecule has 2 rings (SSSR count). The summed E-state index contributed by atoms with van der Waals surface area (Å²) >= 11 is 1.90. The van der Waals surface area contributed by atoms with Crippen LogP contribution in [0.1, 0.15) is 29.5 Å². The van der Waals surface area contributed by atoms with Crippen LogP contribution in [-0.2, 0) is 6.54 Å². The second kappa shape index (κ2) is 5.80. The molecule has 1 N–H and O–H groups in total. The van der Waals surface area contributed by atoms with Gasteiger partial charge >= 0.3 is 0 Å². The minimum atomic E-state index is 0.769. The Morgan fingerprint density at radius 1 is 1.50 bits per heavy atom. The van der Waals surface area contributed by atoms with Gasteiger partial charge < -0.3 is 5.32 Å². The molecule has 1 fully saturated rings. The molecule has 2 nitrogen and oxygen atoms in total. The predicted molar refractivity (Wildman–Crippen MR) is 71.0 cm³/mol. The minimum Gasteiger partial charge on any atom is -0.310 e. The normalized spacial score (nSPS) is 21.8. The third-order valence-electron chi connectivity index (χ3n) is 3.38. The first-order valence-corrected chi connectivity index (χ1v) is 7.11. The first-order valence-electron chi connectivity index (χ1n) is 6.29. The maximum absolute atomic E-state index is 3.59. The van der Waals surface area contributed by atoms with Crippen molar-refractivity contribution in [3.8, 4) is 0 Å². The Balaban J connectivity index is 1.71. The van der Waals surface area contributed by atoms with Gasteiger partial charge in [0.2, 0.25) is 0 Å². The van der Waals surface area contributed by atoms with Crippen molar-refractivity contribution in [2.45, 2.75) is 39.3 Å². The van der Waals surface area contributed by atoms with Gasteiger partial charge in [-0.25, -0.2) is 0 Å². The molecule has 0 bridgehead atoms. The lowest BCUT2D eigenvalue weighted by Gasteiger charge is -2.22. The van der Waals surface area contributed by atoms with Gasteiger partial charge in [0.25, 0.3) is 0 Å². The lowest BCUT2D eigenvalue weighted by Crippen LogP contribution is -2.37. The Hall–Kier alpha value is -0.380. The zero-order valence-electron chi connectivity index (χ0n) is 10.3. The summed E-state index contributed by atoms with van der Waals surface area (Å²) < 4.78 is 0. The fraction of sp³-hybridized carbons (Fsp3) is 0.692. The molecule has 0 unspecified atom stereocenters. The summed E-state index contributed by atoms with van der Waals surface area (Å²) in [6.45, 7) is 9.10. The SMILES string of the molecule is CCN1CCC[C@@H]1CNCc1ccc(C)s1. The summed E-state index contributed by atoms with van der Waals surface area (Å²) in [6.07, 6.45) is 2.74. The third kappa shape index (κ3) is 3.06. The summed E-state index contributed by atoms with van der Waals surface area (Å²) in [5.74, 6) is 0. The number of nitrogens with zero attached hydrogens (tertiary/aromatic N) is 1. The van der Waals surface area contributed by atoms with Gasteiger partial charge in [0.1, 0.15) is 0 Å². The molecule has 1 aliphatic rings. The van der Waals surface area contributed by atoms with E-state index in [1.165, 1.54) is 35.7 Å². The number of rotatable bonds is 5. The molecule has 2 heterocycles. The van der Waals surface area contributed by atoms with Crippen molar-refractivity contribution < 1.29 is 0 Å². The average molecular weight is 238 g/mol. The van der Waals surface area contributed by atoms with Crippen LogP contribution in [0, 0.1) is 6.92 Å². The van der Waals surface area contributed by atoms with Gasteiger partial charge in [-0.3, -0.25) is 4.90 Å². The average Bonchev–Trinajstić information content (AvgIpc) is 2.87. The van der Waals surface area contributed by atoms with Crippen LogP contribution in [0.2, 0.25) is 0 Å². The zero-order valence-corrected chi connectivity index (χ0v) is 11.1. The second-order valence-corrected chi connectivity index (χ2v) is 5.94.